The predicted octanol–water partition coefficient (Wildman–Crippen LogP) is 3.33. The summed E-state index contributed by atoms with van der Waals surface area (Å²) in [6, 6.07) is 0. The zero-order chi connectivity index (χ0) is 22.0. The Balaban J connectivity index is 1.48. The molecule has 0 radical (unpaired) electrons. The Morgan fingerprint density at radius 2 is 2.25 bits per heavy atom. The molecule has 0 bridgehead atoms. The summed E-state index contributed by atoms with van der Waals surface area (Å²) in [6.07, 6.45) is 2.45. The number of hydrogen-bond donors (Lipinski definition) is 1. The van der Waals surface area contributed by atoms with E-state index in [-0.39, 0.29) is 17.3 Å². The van der Waals surface area contributed by atoms with Crippen LogP contribution < -0.4 is 5.32 Å². The fraction of sp³-hybridized carbons (Fsp3) is 0.368. The number of aromatic nitrogens is 7. The zero-order valence-electron chi connectivity index (χ0n) is 17.4. The first-order valence-corrected chi connectivity index (χ1v) is 12.6. The number of rotatable bonds is 4. The van der Waals surface area contributed by atoms with Crippen LogP contribution in [0, 0.1) is 6.92 Å². The molecule has 0 spiro atoms. The molecule has 32 heavy (non-hydrogen) atoms. The number of carbonyl (C=O) groups excluding carboxylic acids is 1. The lowest BCUT2D eigenvalue weighted by atomic mass is 9.94. The maximum atomic E-state index is 12.4. The van der Waals surface area contributed by atoms with Crippen LogP contribution >= 0.6 is 34.4 Å². The third-order valence-corrected chi connectivity index (χ3v) is 8.03. The molecule has 1 N–H and O–H groups in total. The summed E-state index contributed by atoms with van der Waals surface area (Å²) in [5, 5.41) is 20.2. The molecular formula is C19H18N8O2S3. The SMILES string of the molecule is Cc1nc2c3c4c(sc3n3c(SCC(=O)Nc5nccs5)nnc3n2n1)COC(C)(C)C4. The lowest BCUT2D eigenvalue weighted by Gasteiger charge is -2.30. The molecule has 5 aromatic heterocycles. The van der Waals surface area contributed by atoms with E-state index in [4.69, 9.17) is 9.72 Å². The number of ether oxygens (including phenoxy) is 1. The van der Waals surface area contributed by atoms with Crippen molar-refractivity contribution < 1.29 is 9.53 Å². The van der Waals surface area contributed by atoms with Gasteiger partial charge in [-0.05, 0) is 26.3 Å². The second-order valence-corrected chi connectivity index (χ2v) is 11.0. The molecule has 0 saturated carbocycles. The molecule has 6 rings (SSSR count). The van der Waals surface area contributed by atoms with Gasteiger partial charge in [0.2, 0.25) is 5.91 Å². The van der Waals surface area contributed by atoms with Crippen LogP contribution in [0.2, 0.25) is 0 Å². The van der Waals surface area contributed by atoms with Crippen molar-refractivity contribution in [3.05, 3.63) is 27.8 Å². The van der Waals surface area contributed by atoms with Crippen molar-refractivity contribution in [3.8, 4) is 0 Å². The van der Waals surface area contributed by atoms with Gasteiger partial charge < -0.3 is 10.1 Å². The summed E-state index contributed by atoms with van der Waals surface area (Å²) in [4.78, 5) is 23.4. The molecule has 0 aliphatic carbocycles. The summed E-state index contributed by atoms with van der Waals surface area (Å²) in [7, 11) is 0. The molecule has 164 valence electrons. The van der Waals surface area contributed by atoms with Crippen molar-refractivity contribution in [2.45, 2.75) is 44.6 Å². The average molecular weight is 487 g/mol. The van der Waals surface area contributed by atoms with Gasteiger partial charge in [0.05, 0.1) is 23.3 Å². The van der Waals surface area contributed by atoms with Crippen LogP contribution in [0.25, 0.3) is 21.6 Å². The highest BCUT2D eigenvalue weighted by Crippen LogP contribution is 2.41. The highest BCUT2D eigenvalue weighted by Gasteiger charge is 2.32. The Kier molecular flexibility index (Phi) is 4.51. The number of amides is 1. The normalized spacial score (nSPS) is 15.6. The Bertz CT molecular complexity index is 1500. The van der Waals surface area contributed by atoms with Crippen molar-refractivity contribution in [2.75, 3.05) is 11.1 Å². The first-order valence-electron chi connectivity index (χ1n) is 9.90. The number of thiophene rings is 1. The maximum absolute atomic E-state index is 12.4. The largest absolute Gasteiger partial charge is 0.370 e. The van der Waals surface area contributed by atoms with Gasteiger partial charge in [0.25, 0.3) is 5.78 Å². The van der Waals surface area contributed by atoms with Crippen LogP contribution in [0.4, 0.5) is 5.13 Å². The van der Waals surface area contributed by atoms with Crippen LogP contribution in [0.5, 0.6) is 0 Å². The minimum Gasteiger partial charge on any atom is -0.370 e. The van der Waals surface area contributed by atoms with Gasteiger partial charge in [-0.1, -0.05) is 11.8 Å². The van der Waals surface area contributed by atoms with Crippen molar-refractivity contribution in [2.24, 2.45) is 0 Å². The lowest BCUT2D eigenvalue weighted by molar-refractivity contribution is -0.113. The van der Waals surface area contributed by atoms with E-state index in [2.05, 4.69) is 39.4 Å². The minimum absolute atomic E-state index is 0.142. The van der Waals surface area contributed by atoms with E-state index in [1.807, 2.05) is 16.7 Å². The second-order valence-electron chi connectivity index (χ2n) is 8.10. The van der Waals surface area contributed by atoms with E-state index < -0.39 is 0 Å². The molecule has 13 heteroatoms. The monoisotopic (exact) mass is 486 g/mol. The molecule has 1 aliphatic heterocycles. The summed E-state index contributed by atoms with van der Waals surface area (Å²) in [5.41, 5.74) is 1.78. The standard InChI is InChI=1S/C19H18N8O2S3/c1-9-21-14-13-10-6-19(2,3)29-7-11(10)32-15(13)26-17(27(14)25-9)23-24-18(26)31-8-12(28)22-16-20-4-5-30-16/h4-5H,6-8H2,1-3H3,(H,20,22,28). The van der Waals surface area contributed by atoms with Crippen molar-refractivity contribution in [3.63, 3.8) is 0 Å². The molecular weight excluding hydrogens is 468 g/mol. The van der Waals surface area contributed by atoms with Gasteiger partial charge in [0, 0.05) is 22.9 Å². The van der Waals surface area contributed by atoms with Gasteiger partial charge in [-0.2, -0.15) is 4.52 Å². The number of fused-ring (bicyclic) bond motifs is 8. The first-order chi connectivity index (χ1) is 15.4. The average Bonchev–Trinajstić information content (AvgIpc) is 3.50. The summed E-state index contributed by atoms with van der Waals surface area (Å²) < 4.78 is 9.79. The molecule has 0 saturated heterocycles. The predicted molar refractivity (Wildman–Crippen MR) is 124 cm³/mol. The zero-order valence-corrected chi connectivity index (χ0v) is 19.9. The molecule has 0 unspecified atom stereocenters. The molecule has 5 aromatic rings. The van der Waals surface area contributed by atoms with E-state index in [0.29, 0.717) is 28.5 Å². The third kappa shape index (κ3) is 3.18. The number of thioether (sulfide) groups is 1. The minimum atomic E-state index is -0.249. The molecule has 6 heterocycles. The highest BCUT2D eigenvalue weighted by molar-refractivity contribution is 7.99. The molecule has 0 aromatic carbocycles. The van der Waals surface area contributed by atoms with Gasteiger partial charge in [-0.15, -0.1) is 38.0 Å². The van der Waals surface area contributed by atoms with E-state index in [1.54, 1.807) is 22.0 Å². The third-order valence-electron chi connectivity index (χ3n) is 5.23. The first kappa shape index (κ1) is 20.0. The lowest BCUT2D eigenvalue weighted by Crippen LogP contribution is -2.31. The fourth-order valence-corrected chi connectivity index (χ4v) is 6.45. The number of aryl methyl sites for hydroxylation is 1. The van der Waals surface area contributed by atoms with Gasteiger partial charge in [0.1, 0.15) is 10.7 Å². The van der Waals surface area contributed by atoms with Crippen LogP contribution in [0.15, 0.2) is 16.7 Å². The molecule has 1 aliphatic rings. The molecule has 10 nitrogen and oxygen atoms in total. The smallest absolute Gasteiger partial charge is 0.260 e. The Morgan fingerprint density at radius 1 is 1.38 bits per heavy atom. The number of hydrogen-bond acceptors (Lipinski definition) is 10. The van der Waals surface area contributed by atoms with E-state index >= 15 is 0 Å². The Labute approximate surface area is 194 Å². The summed E-state index contributed by atoms with van der Waals surface area (Å²) in [6.45, 7) is 6.64. The number of thiazole rings is 1. The van der Waals surface area contributed by atoms with Crippen molar-refractivity contribution in [1.82, 2.24) is 34.2 Å². The van der Waals surface area contributed by atoms with E-state index in [1.165, 1.54) is 33.5 Å². The molecule has 0 atom stereocenters. The van der Waals surface area contributed by atoms with E-state index in [9.17, 15) is 4.79 Å². The summed E-state index contributed by atoms with van der Waals surface area (Å²) >= 11 is 4.38. The number of anilines is 1. The van der Waals surface area contributed by atoms with Gasteiger partial charge in [0.15, 0.2) is 15.9 Å². The Morgan fingerprint density at radius 3 is 3.06 bits per heavy atom. The molecule has 0 fully saturated rings. The van der Waals surface area contributed by atoms with Crippen molar-refractivity contribution >= 4 is 67.1 Å². The van der Waals surface area contributed by atoms with Gasteiger partial charge >= 0.3 is 0 Å². The van der Waals surface area contributed by atoms with Crippen molar-refractivity contribution in [1.29, 1.82) is 0 Å². The Hall–Kier alpha value is -2.61. The quantitative estimate of drug-likeness (QED) is 0.385. The van der Waals surface area contributed by atoms with Gasteiger partial charge in [-0.3, -0.25) is 4.79 Å². The summed E-state index contributed by atoms with van der Waals surface area (Å²) in [5.74, 6) is 1.30. The van der Waals surface area contributed by atoms with Crippen LogP contribution in [-0.4, -0.2) is 51.4 Å². The van der Waals surface area contributed by atoms with Crippen LogP contribution in [-0.2, 0) is 22.6 Å². The topological polar surface area (TPSA) is 112 Å². The highest BCUT2D eigenvalue weighted by atomic mass is 32.2. The maximum Gasteiger partial charge on any atom is 0.260 e. The number of carbonyl (C=O) groups is 1. The second kappa shape index (κ2) is 7.20. The van der Waals surface area contributed by atoms with Crippen LogP contribution in [0.1, 0.15) is 30.1 Å². The van der Waals surface area contributed by atoms with Gasteiger partial charge in [-0.25, -0.2) is 14.4 Å². The number of nitrogens with zero attached hydrogens (tertiary/aromatic N) is 7. The number of nitrogens with one attached hydrogen (secondary N) is 1. The fourth-order valence-electron chi connectivity index (χ4n) is 3.88. The molecule has 1 amide bonds. The van der Waals surface area contributed by atoms with E-state index in [0.717, 1.165) is 22.3 Å². The van der Waals surface area contributed by atoms with Crippen LogP contribution in [0.3, 0.4) is 0 Å².